The predicted octanol–water partition coefficient (Wildman–Crippen LogP) is 1.52. The van der Waals surface area contributed by atoms with Gasteiger partial charge < -0.3 is 14.4 Å². The number of carbonyl (C=O) groups excluding carboxylic acids is 2. The molecule has 1 aromatic heterocycles. The molecule has 1 fully saturated rings. The molecular formula is C20H24N4O4. The zero-order chi connectivity index (χ0) is 19.9. The zero-order valence-electron chi connectivity index (χ0n) is 16.0. The molecule has 148 valence electrons. The molecule has 1 aromatic carbocycles. The number of amides is 1. The van der Waals surface area contributed by atoms with Gasteiger partial charge in [-0.25, -0.2) is 9.48 Å². The predicted molar refractivity (Wildman–Crippen MR) is 102 cm³/mol. The van der Waals surface area contributed by atoms with E-state index in [1.807, 2.05) is 44.2 Å². The molecular weight excluding hydrogens is 360 g/mol. The SMILES string of the molecule is C[C@@H]1CN(C(=O)COC(=O)/C=C/c2cn(Cc3ccccc3)nn2)C[C@@H](C)O1. The highest BCUT2D eigenvalue weighted by Crippen LogP contribution is 2.11. The van der Waals surface area contributed by atoms with Crippen LogP contribution in [0.3, 0.4) is 0 Å². The van der Waals surface area contributed by atoms with E-state index >= 15 is 0 Å². The molecule has 1 aliphatic rings. The van der Waals surface area contributed by atoms with Crippen LogP contribution in [0.15, 0.2) is 42.6 Å². The Hall–Kier alpha value is -3.00. The van der Waals surface area contributed by atoms with Gasteiger partial charge in [0.2, 0.25) is 0 Å². The van der Waals surface area contributed by atoms with Crippen LogP contribution in [-0.2, 0) is 25.6 Å². The van der Waals surface area contributed by atoms with E-state index in [0.717, 1.165) is 5.56 Å². The molecule has 0 radical (unpaired) electrons. The fourth-order valence-electron chi connectivity index (χ4n) is 3.04. The van der Waals surface area contributed by atoms with E-state index in [9.17, 15) is 9.59 Å². The molecule has 28 heavy (non-hydrogen) atoms. The third-order valence-corrected chi connectivity index (χ3v) is 4.24. The second-order valence-electron chi connectivity index (χ2n) is 6.82. The lowest BCUT2D eigenvalue weighted by atomic mass is 10.2. The Kier molecular flexibility index (Phi) is 6.54. The topological polar surface area (TPSA) is 86.6 Å². The van der Waals surface area contributed by atoms with E-state index in [1.54, 1.807) is 15.8 Å². The van der Waals surface area contributed by atoms with Crippen LogP contribution < -0.4 is 0 Å². The van der Waals surface area contributed by atoms with Gasteiger partial charge in [-0.15, -0.1) is 5.10 Å². The van der Waals surface area contributed by atoms with Crippen molar-refractivity contribution in [3.8, 4) is 0 Å². The molecule has 8 nitrogen and oxygen atoms in total. The second kappa shape index (κ2) is 9.27. The van der Waals surface area contributed by atoms with Gasteiger partial charge in [0.25, 0.3) is 5.91 Å². The Balaban J connectivity index is 1.45. The molecule has 2 heterocycles. The van der Waals surface area contributed by atoms with Crippen molar-refractivity contribution in [2.45, 2.75) is 32.6 Å². The van der Waals surface area contributed by atoms with Gasteiger partial charge in [-0.3, -0.25) is 4.79 Å². The van der Waals surface area contributed by atoms with Crippen molar-refractivity contribution in [1.29, 1.82) is 0 Å². The van der Waals surface area contributed by atoms with E-state index in [1.165, 1.54) is 12.2 Å². The molecule has 1 saturated heterocycles. The number of aromatic nitrogens is 3. The normalized spacial score (nSPS) is 19.7. The average molecular weight is 384 g/mol. The van der Waals surface area contributed by atoms with Crippen molar-refractivity contribution >= 4 is 18.0 Å². The fraction of sp³-hybridized carbons (Fsp3) is 0.400. The Labute approximate surface area is 163 Å². The van der Waals surface area contributed by atoms with Gasteiger partial charge in [0.1, 0.15) is 5.69 Å². The number of nitrogens with zero attached hydrogens (tertiary/aromatic N) is 4. The van der Waals surface area contributed by atoms with Gasteiger partial charge in [0.05, 0.1) is 24.9 Å². The Morgan fingerprint density at radius 2 is 1.93 bits per heavy atom. The number of hydrogen-bond acceptors (Lipinski definition) is 6. The van der Waals surface area contributed by atoms with E-state index in [0.29, 0.717) is 25.3 Å². The van der Waals surface area contributed by atoms with Crippen LogP contribution in [0.25, 0.3) is 6.08 Å². The first-order valence-electron chi connectivity index (χ1n) is 9.21. The van der Waals surface area contributed by atoms with Crippen molar-refractivity contribution < 1.29 is 19.1 Å². The molecule has 0 unspecified atom stereocenters. The summed E-state index contributed by atoms with van der Waals surface area (Å²) in [5.74, 6) is -0.821. The van der Waals surface area contributed by atoms with Crippen molar-refractivity contribution in [2.75, 3.05) is 19.7 Å². The van der Waals surface area contributed by atoms with Crippen molar-refractivity contribution in [1.82, 2.24) is 19.9 Å². The first-order valence-corrected chi connectivity index (χ1v) is 9.21. The molecule has 1 amide bonds. The molecule has 8 heteroatoms. The van der Waals surface area contributed by atoms with Crippen LogP contribution in [0.1, 0.15) is 25.1 Å². The van der Waals surface area contributed by atoms with Crippen molar-refractivity contribution in [3.63, 3.8) is 0 Å². The summed E-state index contributed by atoms with van der Waals surface area (Å²) in [5.41, 5.74) is 1.64. The molecule has 3 rings (SSSR count). The van der Waals surface area contributed by atoms with E-state index in [2.05, 4.69) is 10.3 Å². The fourth-order valence-corrected chi connectivity index (χ4v) is 3.04. The highest BCUT2D eigenvalue weighted by molar-refractivity contribution is 5.89. The molecule has 0 N–H and O–H groups in total. The van der Waals surface area contributed by atoms with Crippen LogP contribution in [-0.4, -0.2) is 63.7 Å². The number of ether oxygens (including phenoxy) is 2. The first-order chi connectivity index (χ1) is 13.5. The molecule has 0 spiro atoms. The first kappa shape index (κ1) is 19.8. The minimum Gasteiger partial charge on any atom is -0.452 e. The molecule has 0 aliphatic carbocycles. The van der Waals surface area contributed by atoms with Crippen LogP contribution >= 0.6 is 0 Å². The number of esters is 1. The maximum Gasteiger partial charge on any atom is 0.331 e. The van der Waals surface area contributed by atoms with Crippen LogP contribution in [0.4, 0.5) is 0 Å². The third kappa shape index (κ3) is 5.75. The quantitative estimate of drug-likeness (QED) is 0.554. The standard InChI is InChI=1S/C20H24N4O4/c1-15-10-23(11-16(2)28-15)19(25)14-27-20(26)9-8-18-13-24(22-21-18)12-17-6-4-3-5-7-17/h3-9,13,15-16H,10-12,14H2,1-2H3/b9-8+/t15-,16-/m1/s1. The summed E-state index contributed by atoms with van der Waals surface area (Å²) in [4.78, 5) is 25.7. The summed E-state index contributed by atoms with van der Waals surface area (Å²) in [6.45, 7) is 5.13. The number of benzene rings is 1. The lowest BCUT2D eigenvalue weighted by molar-refractivity contribution is -0.154. The lowest BCUT2D eigenvalue weighted by Crippen LogP contribution is -2.49. The number of carbonyl (C=O) groups is 2. The van der Waals surface area contributed by atoms with Crippen molar-refractivity contribution in [3.05, 3.63) is 53.9 Å². The number of morpholine rings is 1. The number of rotatable bonds is 6. The Bertz CT molecular complexity index is 824. The van der Waals surface area contributed by atoms with Gasteiger partial charge in [0.15, 0.2) is 6.61 Å². The second-order valence-corrected chi connectivity index (χ2v) is 6.82. The van der Waals surface area contributed by atoms with Gasteiger partial charge in [-0.1, -0.05) is 35.5 Å². The summed E-state index contributed by atoms with van der Waals surface area (Å²) >= 11 is 0. The molecule has 0 bridgehead atoms. The Morgan fingerprint density at radius 3 is 2.64 bits per heavy atom. The summed E-state index contributed by atoms with van der Waals surface area (Å²) < 4.78 is 12.3. The van der Waals surface area contributed by atoms with Crippen LogP contribution in [0, 0.1) is 0 Å². The van der Waals surface area contributed by atoms with Crippen LogP contribution in [0.2, 0.25) is 0 Å². The summed E-state index contributed by atoms with van der Waals surface area (Å²) in [6, 6.07) is 9.88. The summed E-state index contributed by atoms with van der Waals surface area (Å²) in [5, 5.41) is 8.03. The molecule has 2 aromatic rings. The highest BCUT2D eigenvalue weighted by atomic mass is 16.5. The van der Waals surface area contributed by atoms with Gasteiger partial charge in [-0.2, -0.15) is 0 Å². The van der Waals surface area contributed by atoms with E-state index in [-0.39, 0.29) is 24.7 Å². The monoisotopic (exact) mass is 384 g/mol. The van der Waals surface area contributed by atoms with E-state index < -0.39 is 5.97 Å². The van der Waals surface area contributed by atoms with E-state index in [4.69, 9.17) is 9.47 Å². The average Bonchev–Trinajstić information content (AvgIpc) is 3.12. The maximum absolute atomic E-state index is 12.2. The van der Waals surface area contributed by atoms with Gasteiger partial charge >= 0.3 is 5.97 Å². The minimum atomic E-state index is -0.597. The summed E-state index contributed by atoms with van der Waals surface area (Å²) in [6.07, 6.45) is 4.44. The Morgan fingerprint density at radius 1 is 1.21 bits per heavy atom. The zero-order valence-corrected chi connectivity index (χ0v) is 16.0. The van der Waals surface area contributed by atoms with Crippen molar-refractivity contribution in [2.24, 2.45) is 0 Å². The summed E-state index contributed by atoms with van der Waals surface area (Å²) in [7, 11) is 0. The third-order valence-electron chi connectivity index (χ3n) is 4.24. The molecule has 1 aliphatic heterocycles. The minimum absolute atomic E-state index is 0.0261. The van der Waals surface area contributed by atoms with Gasteiger partial charge in [-0.05, 0) is 25.5 Å². The van der Waals surface area contributed by atoms with Crippen LogP contribution in [0.5, 0.6) is 0 Å². The largest absolute Gasteiger partial charge is 0.452 e. The highest BCUT2D eigenvalue weighted by Gasteiger charge is 2.26. The number of hydrogen-bond donors (Lipinski definition) is 0. The molecule has 0 saturated carbocycles. The lowest BCUT2D eigenvalue weighted by Gasteiger charge is -2.35. The maximum atomic E-state index is 12.2. The van der Waals surface area contributed by atoms with Gasteiger partial charge in [0, 0.05) is 19.2 Å². The smallest absolute Gasteiger partial charge is 0.331 e. The molecule has 2 atom stereocenters.